The van der Waals surface area contributed by atoms with E-state index in [0.717, 1.165) is 0 Å². The van der Waals surface area contributed by atoms with E-state index in [1.807, 2.05) is 0 Å². The molecule has 0 aliphatic carbocycles. The van der Waals surface area contributed by atoms with Crippen molar-refractivity contribution in [1.82, 2.24) is 0 Å². The first-order chi connectivity index (χ1) is 12.0. The Kier molecular flexibility index (Phi) is 5.59. The van der Waals surface area contributed by atoms with Gasteiger partial charge in [0.2, 0.25) is 11.5 Å². The predicted octanol–water partition coefficient (Wildman–Crippen LogP) is 2.67. The molecule has 0 fully saturated rings. The summed E-state index contributed by atoms with van der Waals surface area (Å²) in [5, 5.41) is 10.4. The topological polar surface area (TPSA) is 83.5 Å². The zero-order valence-electron chi connectivity index (χ0n) is 14.7. The Labute approximate surface area is 145 Å². The molecule has 0 spiro atoms. The minimum absolute atomic E-state index is 0.0632. The van der Waals surface area contributed by atoms with E-state index < -0.39 is 5.78 Å². The molecule has 0 unspecified atom stereocenters. The van der Waals surface area contributed by atoms with Gasteiger partial charge in [0.15, 0.2) is 11.5 Å². The fourth-order valence-corrected chi connectivity index (χ4v) is 2.49. The van der Waals surface area contributed by atoms with Gasteiger partial charge in [0.05, 0.1) is 41.1 Å². The lowest BCUT2D eigenvalue weighted by molar-refractivity contribution is 0.102. The van der Waals surface area contributed by atoms with Gasteiger partial charge in [-0.2, -0.15) is 0 Å². The normalized spacial score (nSPS) is 10.1. The van der Waals surface area contributed by atoms with Crippen LogP contribution >= 0.6 is 0 Å². The van der Waals surface area contributed by atoms with E-state index in [2.05, 4.69) is 0 Å². The third-order valence-corrected chi connectivity index (χ3v) is 3.69. The molecule has 0 aromatic heterocycles. The Morgan fingerprint density at radius 1 is 0.800 bits per heavy atom. The first-order valence-corrected chi connectivity index (χ1v) is 7.30. The van der Waals surface area contributed by atoms with E-state index in [1.165, 1.54) is 47.7 Å². The smallest absolute Gasteiger partial charge is 0.204 e. The predicted molar refractivity (Wildman–Crippen MR) is 90.7 cm³/mol. The highest BCUT2D eigenvalue weighted by molar-refractivity contribution is 6.15. The number of rotatable bonds is 7. The van der Waals surface area contributed by atoms with Crippen LogP contribution in [0, 0.1) is 0 Å². The first kappa shape index (κ1) is 18.3. The Morgan fingerprint density at radius 3 is 1.96 bits per heavy atom. The van der Waals surface area contributed by atoms with Gasteiger partial charge in [-0.25, -0.2) is 0 Å². The molecule has 0 aliphatic heterocycles. The molecule has 0 saturated carbocycles. The zero-order chi connectivity index (χ0) is 18.6. The summed E-state index contributed by atoms with van der Waals surface area (Å²) in [4.78, 5) is 13.1. The SMILES string of the molecule is COc1ccc(OC)c(C(=O)c2c(O)cc(OC)c(OC)c2OC)c1. The van der Waals surface area contributed by atoms with Crippen molar-refractivity contribution in [1.29, 1.82) is 0 Å². The second kappa shape index (κ2) is 7.65. The van der Waals surface area contributed by atoms with Gasteiger partial charge in [-0.1, -0.05) is 0 Å². The van der Waals surface area contributed by atoms with Crippen molar-refractivity contribution in [2.45, 2.75) is 0 Å². The van der Waals surface area contributed by atoms with Gasteiger partial charge in [-0.15, -0.1) is 0 Å². The van der Waals surface area contributed by atoms with Crippen LogP contribution in [0.4, 0.5) is 0 Å². The quantitative estimate of drug-likeness (QED) is 0.770. The molecular weight excluding hydrogens is 328 g/mol. The van der Waals surface area contributed by atoms with Crippen LogP contribution in [-0.4, -0.2) is 46.4 Å². The lowest BCUT2D eigenvalue weighted by Crippen LogP contribution is -2.08. The van der Waals surface area contributed by atoms with E-state index in [1.54, 1.807) is 12.1 Å². The number of methoxy groups -OCH3 is 5. The Balaban J connectivity index is 2.72. The molecule has 0 atom stereocenters. The van der Waals surface area contributed by atoms with Crippen molar-refractivity contribution >= 4 is 5.78 Å². The molecule has 2 aromatic rings. The molecule has 1 N–H and O–H groups in total. The number of ketones is 1. The van der Waals surface area contributed by atoms with Crippen LogP contribution in [0.3, 0.4) is 0 Å². The van der Waals surface area contributed by atoms with E-state index >= 15 is 0 Å². The Hall–Kier alpha value is -3.09. The number of hydrogen-bond acceptors (Lipinski definition) is 7. The van der Waals surface area contributed by atoms with E-state index in [4.69, 9.17) is 23.7 Å². The van der Waals surface area contributed by atoms with Crippen LogP contribution in [0.15, 0.2) is 24.3 Å². The Morgan fingerprint density at radius 2 is 1.44 bits per heavy atom. The van der Waals surface area contributed by atoms with Crippen LogP contribution in [0.5, 0.6) is 34.5 Å². The maximum absolute atomic E-state index is 13.1. The monoisotopic (exact) mass is 348 g/mol. The number of ether oxygens (including phenoxy) is 5. The van der Waals surface area contributed by atoms with Crippen molar-refractivity contribution < 1.29 is 33.6 Å². The molecule has 134 valence electrons. The van der Waals surface area contributed by atoms with Gasteiger partial charge >= 0.3 is 0 Å². The fraction of sp³-hybridized carbons (Fsp3) is 0.278. The van der Waals surface area contributed by atoms with Crippen LogP contribution in [0.25, 0.3) is 0 Å². The number of carbonyl (C=O) groups excluding carboxylic acids is 1. The van der Waals surface area contributed by atoms with E-state index in [9.17, 15) is 9.90 Å². The highest BCUT2D eigenvalue weighted by Crippen LogP contribution is 2.46. The summed E-state index contributed by atoms with van der Waals surface area (Å²) < 4.78 is 26.1. The van der Waals surface area contributed by atoms with E-state index in [-0.39, 0.29) is 34.1 Å². The van der Waals surface area contributed by atoms with Gasteiger partial charge in [0.1, 0.15) is 22.8 Å². The number of aromatic hydroxyl groups is 1. The number of hydrogen-bond donors (Lipinski definition) is 1. The molecule has 25 heavy (non-hydrogen) atoms. The highest BCUT2D eigenvalue weighted by Gasteiger charge is 2.28. The second-order valence-electron chi connectivity index (χ2n) is 4.93. The van der Waals surface area contributed by atoms with Crippen LogP contribution in [0.2, 0.25) is 0 Å². The van der Waals surface area contributed by atoms with E-state index in [0.29, 0.717) is 11.5 Å². The lowest BCUT2D eigenvalue weighted by atomic mass is 9.99. The number of phenolic OH excluding ortho intramolecular Hbond substituents is 1. The zero-order valence-corrected chi connectivity index (χ0v) is 14.7. The van der Waals surface area contributed by atoms with Crippen LogP contribution in [-0.2, 0) is 0 Å². The molecular formula is C18H20O7. The minimum Gasteiger partial charge on any atom is -0.507 e. The Bertz CT molecular complexity index is 783. The third kappa shape index (κ3) is 3.26. The summed E-state index contributed by atoms with van der Waals surface area (Å²) in [5.41, 5.74) is 0.148. The maximum atomic E-state index is 13.1. The van der Waals surface area contributed by atoms with Gasteiger partial charge < -0.3 is 28.8 Å². The standard InChI is InChI=1S/C18H20O7/c1-21-10-6-7-13(22-2)11(8-10)16(20)15-12(19)9-14(23-3)17(24-4)18(15)25-5/h6-9,19H,1-5H3. The van der Waals surface area contributed by atoms with Crippen LogP contribution < -0.4 is 23.7 Å². The fourth-order valence-electron chi connectivity index (χ4n) is 2.49. The molecule has 7 nitrogen and oxygen atoms in total. The third-order valence-electron chi connectivity index (χ3n) is 3.69. The summed E-state index contributed by atoms with van der Waals surface area (Å²) in [7, 11) is 7.15. The number of benzene rings is 2. The first-order valence-electron chi connectivity index (χ1n) is 7.30. The van der Waals surface area contributed by atoms with Crippen LogP contribution in [0.1, 0.15) is 15.9 Å². The molecule has 2 rings (SSSR count). The summed E-state index contributed by atoms with van der Waals surface area (Å²) in [6.45, 7) is 0. The molecule has 2 aromatic carbocycles. The summed E-state index contributed by atoms with van der Waals surface area (Å²) in [6.07, 6.45) is 0. The van der Waals surface area contributed by atoms with Crippen molar-refractivity contribution in [3.63, 3.8) is 0 Å². The van der Waals surface area contributed by atoms with Crippen molar-refractivity contribution in [2.24, 2.45) is 0 Å². The van der Waals surface area contributed by atoms with Gasteiger partial charge in [-0.05, 0) is 18.2 Å². The average molecular weight is 348 g/mol. The summed E-state index contributed by atoms with van der Waals surface area (Å²) >= 11 is 0. The number of phenols is 1. The largest absolute Gasteiger partial charge is 0.507 e. The van der Waals surface area contributed by atoms with Gasteiger partial charge in [0.25, 0.3) is 0 Å². The van der Waals surface area contributed by atoms with Crippen molar-refractivity contribution in [2.75, 3.05) is 35.5 Å². The molecule has 0 heterocycles. The molecule has 0 radical (unpaired) electrons. The molecule has 7 heteroatoms. The van der Waals surface area contributed by atoms with Gasteiger partial charge in [0, 0.05) is 6.07 Å². The summed E-state index contributed by atoms with van der Waals surface area (Å²) in [5.74, 6) is 0.508. The molecule has 0 aliphatic rings. The van der Waals surface area contributed by atoms with Gasteiger partial charge in [-0.3, -0.25) is 4.79 Å². The second-order valence-corrected chi connectivity index (χ2v) is 4.93. The lowest BCUT2D eigenvalue weighted by Gasteiger charge is -2.17. The molecule has 0 amide bonds. The molecule has 0 saturated heterocycles. The maximum Gasteiger partial charge on any atom is 0.204 e. The molecule has 0 bridgehead atoms. The minimum atomic E-state index is -0.508. The summed E-state index contributed by atoms with van der Waals surface area (Å²) in [6, 6.07) is 6.09. The van der Waals surface area contributed by atoms with Crippen molar-refractivity contribution in [3.05, 3.63) is 35.4 Å². The highest BCUT2D eigenvalue weighted by atomic mass is 16.5. The average Bonchev–Trinajstić information content (AvgIpc) is 2.65. The number of carbonyl (C=O) groups is 1. The van der Waals surface area contributed by atoms with Crippen molar-refractivity contribution in [3.8, 4) is 34.5 Å².